The number of hydrogen-bond donors (Lipinski definition) is 2. The fraction of sp³-hybridized carbons (Fsp3) is 0.375. The van der Waals surface area contributed by atoms with Gasteiger partial charge in [0.05, 0.1) is 17.2 Å². The van der Waals surface area contributed by atoms with Crippen LogP contribution in [-0.4, -0.2) is 32.6 Å². The van der Waals surface area contributed by atoms with E-state index in [0.29, 0.717) is 17.3 Å². The lowest BCUT2D eigenvalue weighted by molar-refractivity contribution is -0.143. The van der Waals surface area contributed by atoms with Crippen LogP contribution in [0, 0.1) is 5.92 Å². The van der Waals surface area contributed by atoms with E-state index in [1.165, 1.54) is 10.9 Å². The third-order valence-corrected chi connectivity index (χ3v) is 3.84. The molecule has 2 N–H and O–H groups in total. The fourth-order valence-corrected chi connectivity index (χ4v) is 2.28. The Morgan fingerprint density at radius 2 is 2.04 bits per heavy atom. The molecule has 122 valence electrons. The summed E-state index contributed by atoms with van der Waals surface area (Å²) in [6.45, 7) is 3.34. The molecular formula is C16H19N3O4. The van der Waals surface area contributed by atoms with Crippen LogP contribution in [0.2, 0.25) is 0 Å². The van der Waals surface area contributed by atoms with E-state index >= 15 is 0 Å². The molecule has 1 aromatic carbocycles. The molecule has 2 rings (SSSR count). The number of carbonyl (C=O) groups is 2. The van der Waals surface area contributed by atoms with E-state index in [1.54, 1.807) is 31.2 Å². The summed E-state index contributed by atoms with van der Waals surface area (Å²) in [6, 6.07) is 5.87. The van der Waals surface area contributed by atoms with E-state index in [-0.39, 0.29) is 18.0 Å². The largest absolute Gasteiger partial charge is 0.480 e. The normalized spacial score (nSPS) is 13.5. The van der Waals surface area contributed by atoms with Gasteiger partial charge in [-0.2, -0.15) is 0 Å². The molecule has 0 radical (unpaired) electrons. The molecule has 0 unspecified atom stereocenters. The maximum atomic E-state index is 12.3. The van der Waals surface area contributed by atoms with Crippen molar-refractivity contribution in [2.75, 3.05) is 0 Å². The molecule has 23 heavy (non-hydrogen) atoms. The second-order valence-corrected chi connectivity index (χ2v) is 5.46. The zero-order chi connectivity index (χ0) is 17.0. The molecule has 2 atom stereocenters. The summed E-state index contributed by atoms with van der Waals surface area (Å²) in [4.78, 5) is 39.7. The predicted molar refractivity (Wildman–Crippen MR) is 85.0 cm³/mol. The van der Waals surface area contributed by atoms with E-state index in [9.17, 15) is 19.5 Å². The maximum absolute atomic E-state index is 12.3. The summed E-state index contributed by atoms with van der Waals surface area (Å²) in [5.74, 6) is -1.82. The van der Waals surface area contributed by atoms with Crippen molar-refractivity contribution in [3.8, 4) is 0 Å². The second kappa shape index (κ2) is 7.04. The van der Waals surface area contributed by atoms with E-state index in [2.05, 4.69) is 10.3 Å². The molecule has 7 heteroatoms. The number of nitrogens with zero attached hydrogens (tertiary/aromatic N) is 2. The number of aromatic nitrogens is 2. The van der Waals surface area contributed by atoms with Crippen molar-refractivity contribution >= 4 is 22.8 Å². The Kier molecular flexibility index (Phi) is 5.10. The Morgan fingerprint density at radius 1 is 1.35 bits per heavy atom. The van der Waals surface area contributed by atoms with Gasteiger partial charge in [0.25, 0.3) is 5.56 Å². The lowest BCUT2D eigenvalue weighted by Crippen LogP contribution is -2.46. The van der Waals surface area contributed by atoms with Gasteiger partial charge in [-0.25, -0.2) is 9.78 Å². The molecule has 0 spiro atoms. The number of carbonyl (C=O) groups excluding carboxylic acids is 1. The van der Waals surface area contributed by atoms with E-state index in [0.717, 1.165) is 0 Å². The van der Waals surface area contributed by atoms with Crippen LogP contribution in [0.4, 0.5) is 0 Å². The summed E-state index contributed by atoms with van der Waals surface area (Å²) >= 11 is 0. The predicted octanol–water partition coefficient (Wildman–Crippen LogP) is 1.01. The number of benzene rings is 1. The van der Waals surface area contributed by atoms with Crippen molar-refractivity contribution < 1.29 is 14.7 Å². The van der Waals surface area contributed by atoms with Crippen LogP contribution in [0.15, 0.2) is 35.4 Å². The van der Waals surface area contributed by atoms with Crippen LogP contribution in [0.25, 0.3) is 10.9 Å². The Hall–Kier alpha value is -2.70. The van der Waals surface area contributed by atoms with Crippen molar-refractivity contribution in [2.45, 2.75) is 32.9 Å². The van der Waals surface area contributed by atoms with Crippen LogP contribution in [0.5, 0.6) is 0 Å². The highest BCUT2D eigenvalue weighted by atomic mass is 16.4. The van der Waals surface area contributed by atoms with Crippen molar-refractivity contribution in [1.82, 2.24) is 14.9 Å². The van der Waals surface area contributed by atoms with Gasteiger partial charge < -0.3 is 10.4 Å². The number of carboxylic acids is 1. The maximum Gasteiger partial charge on any atom is 0.326 e. The Balaban J connectivity index is 2.19. The lowest BCUT2D eigenvalue weighted by atomic mass is 9.99. The van der Waals surface area contributed by atoms with Crippen LogP contribution in [0.1, 0.15) is 20.3 Å². The number of fused-ring (bicyclic) bond motifs is 1. The Labute approximate surface area is 133 Å². The molecule has 0 aliphatic carbocycles. The SMILES string of the molecule is CC[C@@H](C)[C@@H](NC(=O)Cn1cnc2ccccc2c1=O)C(=O)O. The van der Waals surface area contributed by atoms with Crippen molar-refractivity contribution in [3.63, 3.8) is 0 Å². The van der Waals surface area contributed by atoms with Crippen LogP contribution < -0.4 is 10.9 Å². The Bertz CT molecular complexity index is 784. The summed E-state index contributed by atoms with van der Waals surface area (Å²) in [6.07, 6.45) is 1.91. The number of para-hydroxylation sites is 1. The second-order valence-electron chi connectivity index (χ2n) is 5.46. The molecule has 1 aromatic heterocycles. The standard InChI is InChI=1S/C16H19N3O4/c1-3-10(2)14(16(22)23)18-13(20)8-19-9-17-12-7-5-4-6-11(12)15(19)21/h4-7,9-10,14H,3,8H2,1-2H3,(H,18,20)(H,22,23)/t10-,14-/m1/s1. The van der Waals surface area contributed by atoms with Crippen LogP contribution in [0.3, 0.4) is 0 Å². The molecule has 0 aliphatic heterocycles. The molecule has 1 heterocycles. The van der Waals surface area contributed by atoms with E-state index in [4.69, 9.17) is 0 Å². The van der Waals surface area contributed by atoms with Gasteiger partial charge in [0.15, 0.2) is 0 Å². The molecule has 7 nitrogen and oxygen atoms in total. The molecule has 1 amide bonds. The topological polar surface area (TPSA) is 101 Å². The molecule has 0 saturated heterocycles. The third-order valence-electron chi connectivity index (χ3n) is 3.84. The minimum Gasteiger partial charge on any atom is -0.480 e. The first kappa shape index (κ1) is 16.7. The Morgan fingerprint density at radius 3 is 2.70 bits per heavy atom. The average Bonchev–Trinajstić information content (AvgIpc) is 2.54. The fourth-order valence-electron chi connectivity index (χ4n) is 2.28. The van der Waals surface area contributed by atoms with Crippen molar-refractivity contribution in [2.24, 2.45) is 5.92 Å². The van der Waals surface area contributed by atoms with Gasteiger partial charge >= 0.3 is 5.97 Å². The third kappa shape index (κ3) is 3.74. The highest BCUT2D eigenvalue weighted by molar-refractivity contribution is 5.84. The highest BCUT2D eigenvalue weighted by Crippen LogP contribution is 2.08. The molecule has 0 aliphatic rings. The number of nitrogens with one attached hydrogen (secondary N) is 1. The monoisotopic (exact) mass is 317 g/mol. The van der Waals surface area contributed by atoms with Crippen molar-refractivity contribution in [3.05, 3.63) is 40.9 Å². The van der Waals surface area contributed by atoms with Crippen LogP contribution in [-0.2, 0) is 16.1 Å². The summed E-state index contributed by atoms with van der Waals surface area (Å²) < 4.78 is 1.17. The van der Waals surface area contributed by atoms with E-state index < -0.39 is 17.9 Å². The first-order valence-corrected chi connectivity index (χ1v) is 7.40. The summed E-state index contributed by atoms with van der Waals surface area (Å²) in [7, 11) is 0. The average molecular weight is 317 g/mol. The summed E-state index contributed by atoms with van der Waals surface area (Å²) in [5, 5.41) is 12.1. The van der Waals surface area contributed by atoms with Gasteiger partial charge in [-0.15, -0.1) is 0 Å². The van der Waals surface area contributed by atoms with E-state index in [1.807, 2.05) is 6.92 Å². The first-order chi connectivity index (χ1) is 10.9. The minimum atomic E-state index is -1.09. The van der Waals surface area contributed by atoms with Gasteiger partial charge in [-0.3, -0.25) is 14.2 Å². The number of rotatable bonds is 6. The van der Waals surface area contributed by atoms with Gasteiger partial charge in [0.1, 0.15) is 12.6 Å². The zero-order valence-electron chi connectivity index (χ0n) is 13.0. The van der Waals surface area contributed by atoms with Gasteiger partial charge in [-0.05, 0) is 18.1 Å². The number of carboxylic acid groups (broad SMARTS) is 1. The number of amides is 1. The van der Waals surface area contributed by atoms with Gasteiger partial charge in [0, 0.05) is 0 Å². The quantitative estimate of drug-likeness (QED) is 0.828. The highest BCUT2D eigenvalue weighted by Gasteiger charge is 2.25. The first-order valence-electron chi connectivity index (χ1n) is 7.40. The molecule has 0 bridgehead atoms. The molecule has 0 saturated carbocycles. The van der Waals surface area contributed by atoms with Crippen LogP contribution >= 0.6 is 0 Å². The van der Waals surface area contributed by atoms with Gasteiger partial charge in [0.2, 0.25) is 5.91 Å². The number of hydrogen-bond acceptors (Lipinski definition) is 4. The number of aliphatic carboxylic acids is 1. The van der Waals surface area contributed by atoms with Gasteiger partial charge in [-0.1, -0.05) is 32.4 Å². The smallest absolute Gasteiger partial charge is 0.326 e. The molecule has 2 aromatic rings. The molecular weight excluding hydrogens is 298 g/mol. The molecule has 0 fully saturated rings. The lowest BCUT2D eigenvalue weighted by Gasteiger charge is -2.20. The summed E-state index contributed by atoms with van der Waals surface area (Å²) in [5.41, 5.74) is 0.221. The van der Waals surface area contributed by atoms with Crippen molar-refractivity contribution in [1.29, 1.82) is 0 Å². The zero-order valence-corrected chi connectivity index (χ0v) is 13.0. The minimum absolute atomic E-state index is 0.206.